The lowest BCUT2D eigenvalue weighted by atomic mass is 10.1. The molecule has 5 heteroatoms. The molecule has 0 saturated carbocycles. The van der Waals surface area contributed by atoms with Crippen LogP contribution in [0.3, 0.4) is 0 Å². The Kier molecular flexibility index (Phi) is 5.07. The largest absolute Gasteiger partial charge is 0.376 e. The molecule has 0 bridgehead atoms. The molecule has 5 nitrogen and oxygen atoms in total. The molecule has 98 valence electrons. The lowest BCUT2D eigenvalue weighted by Crippen LogP contribution is -2.47. The second-order valence-electron chi connectivity index (χ2n) is 4.89. The van der Waals surface area contributed by atoms with Crippen LogP contribution >= 0.6 is 0 Å². The van der Waals surface area contributed by atoms with E-state index in [1.807, 2.05) is 0 Å². The van der Waals surface area contributed by atoms with Gasteiger partial charge in [0.05, 0.1) is 6.10 Å². The Hall–Kier alpha value is -0.810. The number of carbonyl (C=O) groups excluding carboxylic acids is 1. The lowest BCUT2D eigenvalue weighted by Gasteiger charge is -2.18. The van der Waals surface area contributed by atoms with Gasteiger partial charge >= 0.3 is 6.03 Å². The van der Waals surface area contributed by atoms with Gasteiger partial charge in [-0.05, 0) is 32.2 Å². The van der Waals surface area contributed by atoms with Crippen LogP contribution in [0.1, 0.15) is 32.1 Å². The Bertz CT molecular complexity index is 234. The smallest absolute Gasteiger partial charge is 0.315 e. The van der Waals surface area contributed by atoms with Crippen LogP contribution < -0.4 is 16.0 Å². The van der Waals surface area contributed by atoms with Crippen molar-refractivity contribution in [2.24, 2.45) is 0 Å². The third-order valence-electron chi connectivity index (χ3n) is 3.40. The van der Waals surface area contributed by atoms with E-state index in [-0.39, 0.29) is 18.2 Å². The highest BCUT2D eigenvalue weighted by Gasteiger charge is 2.18. The Balaban J connectivity index is 1.61. The average Bonchev–Trinajstić information content (AvgIpc) is 2.72. The van der Waals surface area contributed by atoms with Gasteiger partial charge in [0.15, 0.2) is 0 Å². The zero-order valence-electron chi connectivity index (χ0n) is 10.3. The molecule has 17 heavy (non-hydrogen) atoms. The molecule has 0 aromatic heterocycles. The average molecular weight is 241 g/mol. The van der Waals surface area contributed by atoms with E-state index in [0.29, 0.717) is 6.54 Å². The maximum Gasteiger partial charge on any atom is 0.315 e. The molecule has 0 aliphatic carbocycles. The standard InChI is InChI=1S/C12H23N3O2/c16-12(14-9-11-5-3-7-17-11)15-10-4-1-2-6-13-8-10/h10-11,13H,1-9H2,(H2,14,15,16). The molecule has 2 aliphatic heterocycles. The van der Waals surface area contributed by atoms with Crippen LogP contribution in [0.15, 0.2) is 0 Å². The Morgan fingerprint density at radius 1 is 1.29 bits per heavy atom. The molecule has 2 amide bonds. The highest BCUT2D eigenvalue weighted by molar-refractivity contribution is 5.74. The second-order valence-corrected chi connectivity index (χ2v) is 4.89. The number of amides is 2. The molecule has 2 saturated heterocycles. The third kappa shape index (κ3) is 4.52. The van der Waals surface area contributed by atoms with Gasteiger partial charge in [-0.3, -0.25) is 0 Å². The molecule has 2 fully saturated rings. The van der Waals surface area contributed by atoms with Gasteiger partial charge in [-0.15, -0.1) is 0 Å². The lowest BCUT2D eigenvalue weighted by molar-refractivity contribution is 0.111. The molecule has 0 aromatic carbocycles. The fraction of sp³-hybridized carbons (Fsp3) is 0.917. The van der Waals surface area contributed by atoms with Gasteiger partial charge in [0, 0.05) is 25.7 Å². The molecule has 2 atom stereocenters. The first-order valence-electron chi connectivity index (χ1n) is 6.71. The number of nitrogens with one attached hydrogen (secondary N) is 3. The monoisotopic (exact) mass is 241 g/mol. The summed E-state index contributed by atoms with van der Waals surface area (Å²) in [6.07, 6.45) is 5.85. The van der Waals surface area contributed by atoms with E-state index >= 15 is 0 Å². The summed E-state index contributed by atoms with van der Waals surface area (Å²) in [6, 6.07) is 0.205. The van der Waals surface area contributed by atoms with Crippen LogP contribution in [0.2, 0.25) is 0 Å². The summed E-state index contributed by atoms with van der Waals surface area (Å²) >= 11 is 0. The second kappa shape index (κ2) is 6.81. The molecular formula is C12H23N3O2. The molecule has 2 aliphatic rings. The van der Waals surface area contributed by atoms with Gasteiger partial charge in [0.2, 0.25) is 0 Å². The number of ether oxygens (including phenoxy) is 1. The maximum absolute atomic E-state index is 11.7. The molecule has 0 spiro atoms. The normalized spacial score (nSPS) is 29.6. The Morgan fingerprint density at radius 2 is 2.24 bits per heavy atom. The van der Waals surface area contributed by atoms with Crippen LogP contribution in [0, 0.1) is 0 Å². The first-order valence-corrected chi connectivity index (χ1v) is 6.71. The van der Waals surface area contributed by atoms with Crippen molar-refractivity contribution >= 4 is 6.03 Å². The Morgan fingerprint density at radius 3 is 3.06 bits per heavy atom. The fourth-order valence-corrected chi connectivity index (χ4v) is 2.39. The zero-order chi connectivity index (χ0) is 11.9. The number of hydrogen-bond acceptors (Lipinski definition) is 3. The highest BCUT2D eigenvalue weighted by Crippen LogP contribution is 2.10. The molecule has 3 N–H and O–H groups in total. The van der Waals surface area contributed by atoms with Gasteiger partial charge in [-0.1, -0.05) is 6.42 Å². The van der Waals surface area contributed by atoms with Crippen molar-refractivity contribution in [2.75, 3.05) is 26.2 Å². The van der Waals surface area contributed by atoms with Crippen LogP contribution in [-0.4, -0.2) is 44.4 Å². The van der Waals surface area contributed by atoms with Crippen molar-refractivity contribution in [1.29, 1.82) is 0 Å². The van der Waals surface area contributed by atoms with Crippen molar-refractivity contribution in [3.8, 4) is 0 Å². The quantitative estimate of drug-likeness (QED) is 0.678. The summed E-state index contributed by atoms with van der Waals surface area (Å²) in [5.74, 6) is 0. The minimum atomic E-state index is -0.0609. The first kappa shape index (κ1) is 12.6. The van der Waals surface area contributed by atoms with E-state index in [2.05, 4.69) is 16.0 Å². The minimum Gasteiger partial charge on any atom is -0.376 e. The van der Waals surface area contributed by atoms with E-state index < -0.39 is 0 Å². The highest BCUT2D eigenvalue weighted by atomic mass is 16.5. The molecule has 0 aromatic rings. The van der Waals surface area contributed by atoms with Crippen molar-refractivity contribution in [3.05, 3.63) is 0 Å². The van der Waals surface area contributed by atoms with Gasteiger partial charge in [0.1, 0.15) is 0 Å². The molecule has 0 radical (unpaired) electrons. The van der Waals surface area contributed by atoms with Crippen LogP contribution in [0.4, 0.5) is 4.79 Å². The number of rotatable bonds is 3. The van der Waals surface area contributed by atoms with Crippen molar-refractivity contribution in [1.82, 2.24) is 16.0 Å². The summed E-state index contributed by atoms with van der Waals surface area (Å²) < 4.78 is 5.46. The van der Waals surface area contributed by atoms with Crippen molar-refractivity contribution in [2.45, 2.75) is 44.2 Å². The summed E-state index contributed by atoms with van der Waals surface area (Å²) in [5, 5.41) is 9.24. The molecule has 2 heterocycles. The van der Waals surface area contributed by atoms with Crippen LogP contribution in [-0.2, 0) is 4.74 Å². The number of carbonyl (C=O) groups is 1. The summed E-state index contributed by atoms with van der Waals surface area (Å²) in [5.41, 5.74) is 0. The third-order valence-corrected chi connectivity index (χ3v) is 3.40. The van der Waals surface area contributed by atoms with E-state index in [1.165, 1.54) is 12.8 Å². The van der Waals surface area contributed by atoms with Gasteiger partial charge in [-0.25, -0.2) is 4.79 Å². The van der Waals surface area contributed by atoms with E-state index in [0.717, 1.165) is 39.0 Å². The van der Waals surface area contributed by atoms with E-state index in [9.17, 15) is 4.79 Å². The van der Waals surface area contributed by atoms with E-state index in [1.54, 1.807) is 0 Å². The van der Waals surface area contributed by atoms with Crippen LogP contribution in [0.25, 0.3) is 0 Å². The van der Waals surface area contributed by atoms with Crippen molar-refractivity contribution < 1.29 is 9.53 Å². The fourth-order valence-electron chi connectivity index (χ4n) is 2.39. The van der Waals surface area contributed by atoms with Gasteiger partial charge in [0.25, 0.3) is 0 Å². The predicted molar refractivity (Wildman–Crippen MR) is 66.0 cm³/mol. The first-order chi connectivity index (χ1) is 8.34. The number of hydrogen-bond donors (Lipinski definition) is 3. The SMILES string of the molecule is O=C(NCC1CCCO1)NC1CCCCNC1. The summed E-state index contributed by atoms with van der Waals surface area (Å²) in [7, 11) is 0. The molecular weight excluding hydrogens is 218 g/mol. The van der Waals surface area contributed by atoms with E-state index in [4.69, 9.17) is 4.74 Å². The predicted octanol–water partition coefficient (Wildman–Crippen LogP) is 0.607. The summed E-state index contributed by atoms with van der Waals surface area (Å²) in [4.78, 5) is 11.7. The topological polar surface area (TPSA) is 62.4 Å². The minimum absolute atomic E-state index is 0.0609. The summed E-state index contributed by atoms with van der Waals surface area (Å²) in [6.45, 7) is 3.41. The van der Waals surface area contributed by atoms with Crippen molar-refractivity contribution in [3.63, 3.8) is 0 Å². The van der Waals surface area contributed by atoms with Gasteiger partial charge < -0.3 is 20.7 Å². The zero-order valence-corrected chi connectivity index (χ0v) is 10.3. The molecule has 2 rings (SSSR count). The van der Waals surface area contributed by atoms with Crippen LogP contribution in [0.5, 0.6) is 0 Å². The number of urea groups is 1. The van der Waals surface area contributed by atoms with Gasteiger partial charge in [-0.2, -0.15) is 0 Å². The maximum atomic E-state index is 11.7. The Labute approximate surface area is 103 Å². The molecule has 2 unspecified atom stereocenters.